The second kappa shape index (κ2) is 8.33. The summed E-state index contributed by atoms with van der Waals surface area (Å²) in [6.45, 7) is 3.97. The fourth-order valence-corrected chi connectivity index (χ4v) is 3.99. The lowest BCUT2D eigenvalue weighted by atomic mass is 10.0. The van der Waals surface area contributed by atoms with Crippen molar-refractivity contribution >= 4 is 0 Å². The maximum Gasteiger partial charge on any atom is 0.251 e. The number of aromatic amines is 1. The van der Waals surface area contributed by atoms with Crippen molar-refractivity contribution in [2.75, 3.05) is 26.7 Å². The molecular formula is C21H28N4O2. The molecule has 2 aliphatic rings. The number of hydrogen-bond donors (Lipinski definition) is 2. The minimum absolute atomic E-state index is 0.0501. The first-order chi connectivity index (χ1) is 13.2. The summed E-state index contributed by atoms with van der Waals surface area (Å²) in [4.78, 5) is 22.1. The summed E-state index contributed by atoms with van der Waals surface area (Å²) in [5.41, 5.74) is 2.84. The van der Waals surface area contributed by atoms with E-state index in [1.807, 2.05) is 19.2 Å². The number of likely N-dealkylation sites (tertiary alicyclic amines) is 1. The molecule has 1 aromatic carbocycles. The second-order valence-electron chi connectivity index (χ2n) is 7.56. The van der Waals surface area contributed by atoms with Crippen LogP contribution in [0.15, 0.2) is 35.1 Å². The van der Waals surface area contributed by atoms with E-state index in [9.17, 15) is 4.79 Å². The van der Waals surface area contributed by atoms with Gasteiger partial charge in [0.2, 0.25) is 0 Å². The summed E-state index contributed by atoms with van der Waals surface area (Å²) >= 11 is 0. The zero-order valence-electron chi connectivity index (χ0n) is 15.9. The molecule has 1 atom stereocenters. The first kappa shape index (κ1) is 18.3. The number of aromatic nitrogens is 2. The van der Waals surface area contributed by atoms with Crippen LogP contribution < -0.4 is 10.9 Å². The molecular weight excluding hydrogens is 340 g/mol. The molecule has 6 nitrogen and oxygen atoms in total. The Bertz CT molecular complexity index is 804. The Kier molecular flexibility index (Phi) is 5.66. The number of nitrogens with zero attached hydrogens (tertiary/aromatic N) is 2. The minimum Gasteiger partial charge on any atom is -0.372 e. The molecule has 0 amide bonds. The maximum atomic E-state index is 12.1. The van der Waals surface area contributed by atoms with Crippen LogP contribution in [0.5, 0.6) is 0 Å². The van der Waals surface area contributed by atoms with Crippen molar-refractivity contribution in [3.05, 3.63) is 51.9 Å². The molecule has 3 heterocycles. The lowest BCUT2D eigenvalue weighted by molar-refractivity contribution is 0.108. The quantitative estimate of drug-likeness (QED) is 0.848. The van der Waals surface area contributed by atoms with E-state index in [4.69, 9.17) is 4.74 Å². The van der Waals surface area contributed by atoms with Crippen molar-refractivity contribution in [1.82, 2.24) is 20.2 Å². The van der Waals surface area contributed by atoms with Crippen molar-refractivity contribution in [1.29, 1.82) is 0 Å². The van der Waals surface area contributed by atoms with Gasteiger partial charge in [-0.1, -0.05) is 24.3 Å². The Labute approximate surface area is 160 Å². The predicted molar refractivity (Wildman–Crippen MR) is 106 cm³/mol. The van der Waals surface area contributed by atoms with Crippen LogP contribution in [0.2, 0.25) is 0 Å². The molecule has 0 saturated carbocycles. The lowest BCUT2D eigenvalue weighted by Gasteiger charge is -2.31. The summed E-state index contributed by atoms with van der Waals surface area (Å²) in [5, 5.41) is 3.37. The Hall–Kier alpha value is -2.02. The highest BCUT2D eigenvalue weighted by molar-refractivity contribution is 5.55. The van der Waals surface area contributed by atoms with Gasteiger partial charge in [0.1, 0.15) is 5.82 Å². The van der Waals surface area contributed by atoms with Gasteiger partial charge in [0, 0.05) is 30.8 Å². The van der Waals surface area contributed by atoms with Crippen LogP contribution in [0.3, 0.4) is 0 Å². The topological polar surface area (TPSA) is 70.2 Å². The summed E-state index contributed by atoms with van der Waals surface area (Å²) in [6.07, 6.45) is 4.31. The Morgan fingerprint density at radius 2 is 2.00 bits per heavy atom. The Morgan fingerprint density at radius 1 is 1.22 bits per heavy atom. The minimum atomic E-state index is -0.123. The highest BCUT2D eigenvalue weighted by Crippen LogP contribution is 2.27. The molecule has 2 fully saturated rings. The van der Waals surface area contributed by atoms with E-state index in [2.05, 4.69) is 32.3 Å². The first-order valence-electron chi connectivity index (χ1n) is 9.93. The molecule has 27 heavy (non-hydrogen) atoms. The highest BCUT2D eigenvalue weighted by Gasteiger charge is 2.21. The van der Waals surface area contributed by atoms with Gasteiger partial charge in [-0.25, -0.2) is 4.98 Å². The largest absolute Gasteiger partial charge is 0.372 e. The van der Waals surface area contributed by atoms with Crippen molar-refractivity contribution in [3.8, 4) is 11.4 Å². The van der Waals surface area contributed by atoms with Gasteiger partial charge >= 0.3 is 0 Å². The van der Waals surface area contributed by atoms with E-state index in [0.717, 1.165) is 50.3 Å². The molecule has 0 spiro atoms. The third kappa shape index (κ3) is 4.46. The predicted octanol–water partition coefficient (Wildman–Crippen LogP) is 2.47. The number of rotatable bonds is 5. The molecule has 1 aromatic heterocycles. The standard InChI is InChI=1S/C21H28N4O2/c1-22-17-8-10-25(11-9-17)14-15-4-6-16(7-5-15)21-23-18(13-20(26)24-21)19-3-2-12-27-19/h4-7,13,17,19,22H,2-3,8-12,14H2,1H3,(H,23,24,26)/t19-/m0/s1. The Morgan fingerprint density at radius 3 is 2.67 bits per heavy atom. The monoisotopic (exact) mass is 368 g/mol. The van der Waals surface area contributed by atoms with E-state index in [0.29, 0.717) is 11.9 Å². The molecule has 2 aliphatic heterocycles. The summed E-state index contributed by atoms with van der Waals surface area (Å²) in [5.74, 6) is 0.620. The molecule has 2 saturated heterocycles. The molecule has 4 rings (SSSR count). The van der Waals surface area contributed by atoms with Gasteiger partial charge < -0.3 is 15.0 Å². The number of ether oxygens (including phenoxy) is 1. The van der Waals surface area contributed by atoms with Crippen LogP contribution in [0.4, 0.5) is 0 Å². The van der Waals surface area contributed by atoms with E-state index < -0.39 is 0 Å². The molecule has 0 aliphatic carbocycles. The number of benzene rings is 1. The van der Waals surface area contributed by atoms with E-state index in [-0.39, 0.29) is 11.7 Å². The lowest BCUT2D eigenvalue weighted by Crippen LogP contribution is -2.40. The highest BCUT2D eigenvalue weighted by atomic mass is 16.5. The molecule has 6 heteroatoms. The maximum absolute atomic E-state index is 12.1. The molecule has 0 bridgehead atoms. The third-order valence-electron chi connectivity index (χ3n) is 5.65. The first-order valence-corrected chi connectivity index (χ1v) is 9.93. The van der Waals surface area contributed by atoms with Crippen LogP contribution >= 0.6 is 0 Å². The second-order valence-corrected chi connectivity index (χ2v) is 7.56. The summed E-state index contributed by atoms with van der Waals surface area (Å²) in [7, 11) is 2.05. The Balaban J connectivity index is 1.45. The molecule has 0 radical (unpaired) electrons. The SMILES string of the molecule is CNC1CCN(Cc2ccc(-c3nc([C@@H]4CCCO4)cc(=O)[nH]3)cc2)CC1. The van der Waals surface area contributed by atoms with Crippen molar-refractivity contribution < 1.29 is 4.74 Å². The van der Waals surface area contributed by atoms with Gasteiger partial charge in [0.15, 0.2) is 0 Å². The molecule has 0 unspecified atom stereocenters. The van der Waals surface area contributed by atoms with Gasteiger partial charge in [-0.05, 0) is 51.4 Å². The van der Waals surface area contributed by atoms with Crippen LogP contribution in [0, 0.1) is 0 Å². The zero-order chi connectivity index (χ0) is 18.6. The third-order valence-corrected chi connectivity index (χ3v) is 5.65. The van der Waals surface area contributed by atoms with Gasteiger partial charge in [-0.15, -0.1) is 0 Å². The van der Waals surface area contributed by atoms with Gasteiger partial charge in [-0.3, -0.25) is 9.69 Å². The number of hydrogen-bond acceptors (Lipinski definition) is 5. The van der Waals surface area contributed by atoms with Crippen LogP contribution in [0.25, 0.3) is 11.4 Å². The summed E-state index contributed by atoms with van der Waals surface area (Å²) in [6, 6.07) is 10.6. The van der Waals surface area contributed by atoms with Crippen molar-refractivity contribution in [2.45, 2.75) is 44.4 Å². The number of nitrogens with one attached hydrogen (secondary N) is 2. The average molecular weight is 368 g/mol. The number of piperidine rings is 1. The van der Waals surface area contributed by atoms with Gasteiger partial charge in [0.05, 0.1) is 11.8 Å². The van der Waals surface area contributed by atoms with Crippen molar-refractivity contribution in [2.24, 2.45) is 0 Å². The van der Waals surface area contributed by atoms with E-state index in [1.54, 1.807) is 6.07 Å². The molecule has 2 N–H and O–H groups in total. The van der Waals surface area contributed by atoms with Crippen LogP contribution in [-0.2, 0) is 11.3 Å². The van der Waals surface area contributed by atoms with Crippen molar-refractivity contribution in [3.63, 3.8) is 0 Å². The normalized spacial score (nSPS) is 21.6. The summed E-state index contributed by atoms with van der Waals surface area (Å²) < 4.78 is 5.68. The van der Waals surface area contributed by atoms with Crippen LogP contribution in [0.1, 0.15) is 43.0 Å². The van der Waals surface area contributed by atoms with Crippen LogP contribution in [-0.4, -0.2) is 47.7 Å². The van der Waals surface area contributed by atoms with Gasteiger partial charge in [-0.2, -0.15) is 0 Å². The molecule has 144 valence electrons. The average Bonchev–Trinajstić information content (AvgIpc) is 3.24. The van der Waals surface area contributed by atoms with E-state index in [1.165, 1.54) is 18.4 Å². The molecule has 2 aromatic rings. The fraction of sp³-hybridized carbons (Fsp3) is 0.524. The van der Waals surface area contributed by atoms with E-state index >= 15 is 0 Å². The number of H-pyrrole nitrogens is 1. The fourth-order valence-electron chi connectivity index (χ4n) is 3.99. The zero-order valence-corrected chi connectivity index (χ0v) is 15.9. The van der Waals surface area contributed by atoms with Gasteiger partial charge in [0.25, 0.3) is 5.56 Å². The smallest absolute Gasteiger partial charge is 0.251 e.